The Morgan fingerprint density at radius 1 is 1.03 bits per heavy atom. The molecular weight excluding hydrogens is 495 g/mol. The SMILES string of the molecule is CCCOCc1ccccc1CN=C(NCC)NCCCNC(=O)OC(C)(C)C.I. The number of halogens is 1. The lowest BCUT2D eigenvalue weighted by atomic mass is 10.1. The Hall–Kier alpha value is -1.55. The number of aliphatic imine (C=N–C) groups is 1. The van der Waals surface area contributed by atoms with Crippen LogP contribution < -0.4 is 16.0 Å². The zero-order chi connectivity index (χ0) is 21.5. The van der Waals surface area contributed by atoms with Crippen LogP contribution in [0.25, 0.3) is 0 Å². The first-order valence-electron chi connectivity index (χ1n) is 10.5. The van der Waals surface area contributed by atoms with Crippen LogP contribution in [0.5, 0.6) is 0 Å². The number of benzene rings is 1. The second kappa shape index (κ2) is 16.2. The van der Waals surface area contributed by atoms with E-state index in [1.54, 1.807) is 0 Å². The van der Waals surface area contributed by atoms with Gasteiger partial charge in [0.15, 0.2) is 5.96 Å². The number of rotatable bonds is 11. The maximum Gasteiger partial charge on any atom is 0.407 e. The van der Waals surface area contributed by atoms with Gasteiger partial charge in [-0.2, -0.15) is 0 Å². The minimum absolute atomic E-state index is 0. The number of carbonyl (C=O) groups is 1. The first kappa shape index (κ1) is 28.5. The number of nitrogens with one attached hydrogen (secondary N) is 3. The summed E-state index contributed by atoms with van der Waals surface area (Å²) in [5, 5.41) is 9.31. The molecular formula is C22H39IN4O3. The minimum Gasteiger partial charge on any atom is -0.444 e. The molecule has 7 nitrogen and oxygen atoms in total. The number of hydrogen-bond acceptors (Lipinski definition) is 4. The van der Waals surface area contributed by atoms with Gasteiger partial charge in [-0.05, 0) is 51.7 Å². The molecule has 1 aromatic carbocycles. The number of nitrogens with zero attached hydrogens (tertiary/aromatic N) is 1. The van der Waals surface area contributed by atoms with Crippen LogP contribution in [0.2, 0.25) is 0 Å². The van der Waals surface area contributed by atoms with E-state index < -0.39 is 5.60 Å². The van der Waals surface area contributed by atoms with Gasteiger partial charge in [-0.15, -0.1) is 24.0 Å². The third-order valence-electron chi connectivity index (χ3n) is 3.79. The number of ether oxygens (including phenoxy) is 2. The van der Waals surface area contributed by atoms with Gasteiger partial charge in [-0.25, -0.2) is 9.79 Å². The molecule has 0 atom stereocenters. The molecule has 0 radical (unpaired) electrons. The second-order valence-corrected chi connectivity index (χ2v) is 7.73. The molecule has 0 aliphatic rings. The summed E-state index contributed by atoms with van der Waals surface area (Å²) in [6.07, 6.45) is 1.39. The maximum atomic E-state index is 11.6. The molecule has 1 aromatic rings. The number of carbonyl (C=O) groups excluding carboxylic acids is 1. The first-order valence-corrected chi connectivity index (χ1v) is 10.5. The molecule has 0 saturated carbocycles. The molecule has 0 saturated heterocycles. The fourth-order valence-corrected chi connectivity index (χ4v) is 2.48. The van der Waals surface area contributed by atoms with E-state index in [4.69, 9.17) is 9.47 Å². The highest BCUT2D eigenvalue weighted by Crippen LogP contribution is 2.11. The summed E-state index contributed by atoms with van der Waals surface area (Å²) in [5.41, 5.74) is 1.85. The summed E-state index contributed by atoms with van der Waals surface area (Å²) >= 11 is 0. The van der Waals surface area contributed by atoms with Crippen molar-refractivity contribution in [1.82, 2.24) is 16.0 Å². The lowest BCUT2D eigenvalue weighted by molar-refractivity contribution is 0.0527. The highest BCUT2D eigenvalue weighted by molar-refractivity contribution is 14.0. The van der Waals surface area contributed by atoms with E-state index in [9.17, 15) is 4.79 Å². The molecule has 0 aliphatic carbocycles. The van der Waals surface area contributed by atoms with Crippen molar-refractivity contribution >= 4 is 36.0 Å². The number of hydrogen-bond donors (Lipinski definition) is 3. The summed E-state index contributed by atoms with van der Waals surface area (Å²) in [6.45, 7) is 13.7. The Labute approximate surface area is 198 Å². The van der Waals surface area contributed by atoms with Crippen molar-refractivity contribution in [3.63, 3.8) is 0 Å². The van der Waals surface area contributed by atoms with E-state index in [-0.39, 0.29) is 30.1 Å². The van der Waals surface area contributed by atoms with Crippen LogP contribution in [0.1, 0.15) is 58.6 Å². The smallest absolute Gasteiger partial charge is 0.407 e. The largest absolute Gasteiger partial charge is 0.444 e. The zero-order valence-electron chi connectivity index (χ0n) is 19.0. The summed E-state index contributed by atoms with van der Waals surface area (Å²) in [4.78, 5) is 16.3. The average Bonchev–Trinajstić information content (AvgIpc) is 2.65. The highest BCUT2D eigenvalue weighted by atomic mass is 127. The van der Waals surface area contributed by atoms with Crippen molar-refractivity contribution in [2.24, 2.45) is 4.99 Å². The van der Waals surface area contributed by atoms with Gasteiger partial charge in [0.2, 0.25) is 0 Å². The number of alkyl carbamates (subject to hydrolysis) is 1. The predicted octanol–water partition coefficient (Wildman–Crippen LogP) is 4.20. The fraction of sp³-hybridized carbons (Fsp3) is 0.636. The van der Waals surface area contributed by atoms with E-state index in [1.165, 1.54) is 5.56 Å². The van der Waals surface area contributed by atoms with Gasteiger partial charge in [0.25, 0.3) is 0 Å². The standard InChI is InChI=1S/C22H38N4O3.HI/c1-6-15-28-17-19-12-9-8-11-18(19)16-26-20(23-7-2)24-13-10-14-25-21(27)29-22(3,4)5;/h8-9,11-12H,6-7,10,13-17H2,1-5H3,(H,25,27)(H2,23,24,26);1H. The van der Waals surface area contributed by atoms with Gasteiger partial charge in [0.1, 0.15) is 5.60 Å². The fourth-order valence-electron chi connectivity index (χ4n) is 2.48. The van der Waals surface area contributed by atoms with Gasteiger partial charge >= 0.3 is 6.09 Å². The maximum absolute atomic E-state index is 11.6. The van der Waals surface area contributed by atoms with Gasteiger partial charge in [-0.3, -0.25) is 0 Å². The topological polar surface area (TPSA) is 84.0 Å². The van der Waals surface area contributed by atoms with Gasteiger partial charge in [0.05, 0.1) is 13.2 Å². The van der Waals surface area contributed by atoms with Gasteiger partial charge < -0.3 is 25.4 Å². The lowest BCUT2D eigenvalue weighted by Crippen LogP contribution is -2.39. The van der Waals surface area contributed by atoms with Crippen LogP contribution in [0.3, 0.4) is 0 Å². The number of guanidine groups is 1. The molecule has 172 valence electrons. The molecule has 30 heavy (non-hydrogen) atoms. The minimum atomic E-state index is -0.481. The Bertz CT molecular complexity index is 633. The van der Waals surface area contributed by atoms with Crippen LogP contribution in [0.4, 0.5) is 4.79 Å². The highest BCUT2D eigenvalue weighted by Gasteiger charge is 2.15. The summed E-state index contributed by atoms with van der Waals surface area (Å²) in [5.74, 6) is 0.758. The van der Waals surface area contributed by atoms with E-state index in [1.807, 2.05) is 39.8 Å². The molecule has 3 N–H and O–H groups in total. The molecule has 1 amide bonds. The van der Waals surface area contributed by atoms with Crippen LogP contribution in [0, 0.1) is 0 Å². The Morgan fingerprint density at radius 3 is 2.33 bits per heavy atom. The zero-order valence-corrected chi connectivity index (χ0v) is 21.4. The second-order valence-electron chi connectivity index (χ2n) is 7.73. The summed E-state index contributed by atoms with van der Waals surface area (Å²) in [7, 11) is 0. The monoisotopic (exact) mass is 534 g/mol. The van der Waals surface area contributed by atoms with Crippen LogP contribution in [-0.4, -0.2) is 43.9 Å². The molecule has 0 fully saturated rings. The molecule has 0 spiro atoms. The molecule has 8 heteroatoms. The molecule has 0 aromatic heterocycles. The molecule has 0 heterocycles. The van der Waals surface area contributed by atoms with Crippen LogP contribution >= 0.6 is 24.0 Å². The van der Waals surface area contributed by atoms with E-state index in [0.717, 1.165) is 37.5 Å². The quantitative estimate of drug-likeness (QED) is 0.172. The van der Waals surface area contributed by atoms with Gasteiger partial charge in [0, 0.05) is 26.2 Å². The Morgan fingerprint density at radius 2 is 1.70 bits per heavy atom. The first-order chi connectivity index (χ1) is 13.9. The third kappa shape index (κ3) is 13.6. The molecule has 1 rings (SSSR count). The normalized spacial score (nSPS) is 11.4. The molecule has 0 unspecified atom stereocenters. The average molecular weight is 534 g/mol. The van der Waals surface area contributed by atoms with Crippen LogP contribution in [-0.2, 0) is 22.6 Å². The van der Waals surface area contributed by atoms with Crippen molar-refractivity contribution < 1.29 is 14.3 Å². The van der Waals surface area contributed by atoms with E-state index >= 15 is 0 Å². The summed E-state index contributed by atoms with van der Waals surface area (Å²) < 4.78 is 10.9. The van der Waals surface area contributed by atoms with Gasteiger partial charge in [-0.1, -0.05) is 31.2 Å². The van der Waals surface area contributed by atoms with E-state index in [2.05, 4.69) is 40.0 Å². The van der Waals surface area contributed by atoms with Crippen LogP contribution in [0.15, 0.2) is 29.3 Å². The lowest BCUT2D eigenvalue weighted by Gasteiger charge is -2.19. The van der Waals surface area contributed by atoms with Crippen molar-refractivity contribution in [1.29, 1.82) is 0 Å². The Kier molecular flexibility index (Phi) is 15.3. The predicted molar refractivity (Wildman–Crippen MR) is 133 cm³/mol. The Balaban J connectivity index is 0.00000841. The van der Waals surface area contributed by atoms with E-state index in [0.29, 0.717) is 26.2 Å². The van der Waals surface area contributed by atoms with Crippen molar-refractivity contribution in [3.05, 3.63) is 35.4 Å². The number of amides is 1. The van der Waals surface area contributed by atoms with Crippen molar-refractivity contribution in [2.45, 2.75) is 66.2 Å². The van der Waals surface area contributed by atoms with Crippen molar-refractivity contribution in [2.75, 3.05) is 26.2 Å². The molecule has 0 aliphatic heterocycles. The molecule has 0 bridgehead atoms. The summed E-state index contributed by atoms with van der Waals surface area (Å²) in [6, 6.07) is 8.22. The third-order valence-corrected chi connectivity index (χ3v) is 3.79. The van der Waals surface area contributed by atoms with Crippen molar-refractivity contribution in [3.8, 4) is 0 Å².